The lowest BCUT2D eigenvalue weighted by atomic mass is 9.94. The maximum atomic E-state index is 14.0. The fraction of sp³-hybridized carbons (Fsp3) is 0.333. The van der Waals surface area contributed by atoms with Crippen molar-refractivity contribution < 1.29 is 38.4 Å². The number of Topliss-reactive ketones (excluding diaryl/α,β-unsaturated/α-hetero) is 1. The number of nitrogens with zero attached hydrogens (tertiary/aromatic N) is 1. The number of ketones is 1. The summed E-state index contributed by atoms with van der Waals surface area (Å²) in [5, 5.41) is 21.4. The number of rotatable bonds is 8. The highest BCUT2D eigenvalue weighted by Gasteiger charge is 2.46. The SMILES string of the molecule is COc1ccc(C2/C(=C(\O)c3cc(F)ccc3OC)C(=O)C(=O)N2CCOC(C)C)cc1O. The number of aliphatic hydroxyl groups excluding tert-OH is 1. The molecule has 1 saturated heterocycles. The predicted molar refractivity (Wildman–Crippen MR) is 118 cm³/mol. The molecule has 176 valence electrons. The molecule has 1 heterocycles. The Balaban J connectivity index is 2.19. The van der Waals surface area contributed by atoms with E-state index in [0.29, 0.717) is 5.56 Å². The van der Waals surface area contributed by atoms with Gasteiger partial charge in [-0.1, -0.05) is 6.07 Å². The summed E-state index contributed by atoms with van der Waals surface area (Å²) in [5.74, 6) is -2.91. The highest BCUT2D eigenvalue weighted by atomic mass is 19.1. The number of halogens is 1. The van der Waals surface area contributed by atoms with Crippen LogP contribution < -0.4 is 9.47 Å². The molecule has 33 heavy (non-hydrogen) atoms. The maximum Gasteiger partial charge on any atom is 0.295 e. The molecule has 0 aromatic heterocycles. The number of carbonyl (C=O) groups excluding carboxylic acids is 2. The van der Waals surface area contributed by atoms with E-state index in [1.54, 1.807) is 6.07 Å². The van der Waals surface area contributed by atoms with Gasteiger partial charge in [-0.25, -0.2) is 4.39 Å². The molecule has 0 saturated carbocycles. The fourth-order valence-corrected chi connectivity index (χ4v) is 3.73. The van der Waals surface area contributed by atoms with E-state index in [2.05, 4.69) is 0 Å². The van der Waals surface area contributed by atoms with Crippen LogP contribution in [0.2, 0.25) is 0 Å². The van der Waals surface area contributed by atoms with Crippen LogP contribution in [0.5, 0.6) is 17.2 Å². The Morgan fingerprint density at radius 2 is 1.76 bits per heavy atom. The third-order valence-corrected chi connectivity index (χ3v) is 5.26. The number of aromatic hydroxyl groups is 1. The molecule has 2 N–H and O–H groups in total. The van der Waals surface area contributed by atoms with Gasteiger partial charge in [0.1, 0.15) is 17.3 Å². The Kier molecular flexibility index (Phi) is 7.23. The van der Waals surface area contributed by atoms with Gasteiger partial charge in [0.25, 0.3) is 11.7 Å². The van der Waals surface area contributed by atoms with Crippen molar-refractivity contribution in [3.05, 3.63) is 58.9 Å². The molecule has 1 aliphatic rings. The summed E-state index contributed by atoms with van der Waals surface area (Å²) in [6, 6.07) is 6.83. The molecule has 2 aromatic rings. The zero-order valence-electron chi connectivity index (χ0n) is 18.8. The van der Waals surface area contributed by atoms with Crippen LogP contribution in [0.15, 0.2) is 42.0 Å². The van der Waals surface area contributed by atoms with Gasteiger partial charge in [-0.05, 0) is 49.7 Å². The van der Waals surface area contributed by atoms with E-state index in [0.717, 1.165) is 12.1 Å². The van der Waals surface area contributed by atoms with Crippen molar-refractivity contribution in [2.24, 2.45) is 0 Å². The monoisotopic (exact) mass is 459 g/mol. The van der Waals surface area contributed by atoms with E-state index < -0.39 is 29.3 Å². The molecule has 1 aliphatic heterocycles. The quantitative estimate of drug-likeness (QED) is 0.354. The standard InChI is InChI=1S/C24H26FNO7/c1-13(2)33-10-9-26-21(14-5-7-19(32-4)17(27)11-14)20(23(29)24(26)30)22(28)16-12-15(25)6-8-18(16)31-3/h5-8,11-13,21,27-28H,9-10H2,1-4H3/b22-20+. The van der Waals surface area contributed by atoms with Crippen LogP contribution in [0.4, 0.5) is 4.39 Å². The second-order valence-corrected chi connectivity index (χ2v) is 7.69. The zero-order chi connectivity index (χ0) is 24.3. The van der Waals surface area contributed by atoms with Gasteiger partial charge in [0.15, 0.2) is 11.5 Å². The van der Waals surface area contributed by atoms with Crippen LogP contribution in [0.25, 0.3) is 5.76 Å². The number of phenolic OH excluding ortho intramolecular Hbond substituents is 1. The fourth-order valence-electron chi connectivity index (χ4n) is 3.73. The third kappa shape index (κ3) is 4.78. The van der Waals surface area contributed by atoms with Gasteiger partial charge in [-0.15, -0.1) is 0 Å². The molecule has 3 rings (SSSR count). The number of amides is 1. The molecule has 8 nitrogen and oxygen atoms in total. The minimum Gasteiger partial charge on any atom is -0.507 e. The van der Waals surface area contributed by atoms with E-state index in [1.165, 1.54) is 37.3 Å². The number of methoxy groups -OCH3 is 2. The van der Waals surface area contributed by atoms with Crippen molar-refractivity contribution in [1.29, 1.82) is 0 Å². The van der Waals surface area contributed by atoms with E-state index in [1.807, 2.05) is 13.8 Å². The average molecular weight is 459 g/mol. The summed E-state index contributed by atoms with van der Waals surface area (Å²) in [6.45, 7) is 3.87. The first kappa shape index (κ1) is 24.1. The van der Waals surface area contributed by atoms with E-state index in [-0.39, 0.29) is 47.6 Å². The summed E-state index contributed by atoms with van der Waals surface area (Å²) in [7, 11) is 2.73. The topological polar surface area (TPSA) is 106 Å². The third-order valence-electron chi connectivity index (χ3n) is 5.26. The molecular weight excluding hydrogens is 433 g/mol. The van der Waals surface area contributed by atoms with Gasteiger partial charge in [-0.2, -0.15) is 0 Å². The molecule has 1 atom stereocenters. The first-order valence-corrected chi connectivity index (χ1v) is 10.3. The maximum absolute atomic E-state index is 14.0. The van der Waals surface area contributed by atoms with Gasteiger partial charge >= 0.3 is 0 Å². The number of aliphatic hydroxyl groups is 1. The minimum absolute atomic E-state index is 0.0529. The van der Waals surface area contributed by atoms with Crippen molar-refractivity contribution in [3.8, 4) is 17.2 Å². The lowest BCUT2D eigenvalue weighted by Crippen LogP contribution is -2.33. The number of hydrogen-bond acceptors (Lipinski definition) is 7. The summed E-state index contributed by atoms with van der Waals surface area (Å²) in [4.78, 5) is 27.2. The Morgan fingerprint density at radius 3 is 2.36 bits per heavy atom. The lowest BCUT2D eigenvalue weighted by molar-refractivity contribution is -0.140. The van der Waals surface area contributed by atoms with E-state index >= 15 is 0 Å². The zero-order valence-corrected chi connectivity index (χ0v) is 18.8. The molecule has 9 heteroatoms. The Bertz CT molecular complexity index is 1100. The van der Waals surface area contributed by atoms with Crippen LogP contribution in [0.1, 0.15) is 31.0 Å². The Labute approximate surface area is 190 Å². The van der Waals surface area contributed by atoms with E-state index in [4.69, 9.17) is 14.2 Å². The smallest absolute Gasteiger partial charge is 0.295 e. The Hall–Kier alpha value is -3.59. The van der Waals surface area contributed by atoms with Crippen LogP contribution in [0, 0.1) is 5.82 Å². The number of likely N-dealkylation sites (tertiary alicyclic amines) is 1. The molecule has 1 amide bonds. The molecule has 2 aromatic carbocycles. The second-order valence-electron chi connectivity index (χ2n) is 7.69. The number of carbonyl (C=O) groups is 2. The van der Waals surface area contributed by atoms with Crippen LogP contribution in [-0.2, 0) is 14.3 Å². The van der Waals surface area contributed by atoms with Crippen molar-refractivity contribution in [2.45, 2.75) is 26.0 Å². The number of ether oxygens (including phenoxy) is 3. The molecule has 0 radical (unpaired) electrons. The van der Waals surface area contributed by atoms with Crippen molar-refractivity contribution in [1.82, 2.24) is 4.90 Å². The molecule has 1 unspecified atom stereocenters. The normalized spacial score (nSPS) is 17.6. The molecular formula is C24H26FNO7. The summed E-state index contributed by atoms with van der Waals surface area (Å²) < 4.78 is 29.8. The summed E-state index contributed by atoms with van der Waals surface area (Å²) in [6.07, 6.45) is -0.0955. The minimum atomic E-state index is -1.05. The average Bonchev–Trinajstić information content (AvgIpc) is 3.03. The van der Waals surface area contributed by atoms with Gasteiger partial charge in [0, 0.05) is 6.54 Å². The summed E-state index contributed by atoms with van der Waals surface area (Å²) in [5.41, 5.74) is 0.0312. The lowest BCUT2D eigenvalue weighted by Gasteiger charge is -2.26. The highest BCUT2D eigenvalue weighted by molar-refractivity contribution is 6.46. The van der Waals surface area contributed by atoms with Crippen LogP contribution >= 0.6 is 0 Å². The molecule has 1 fully saturated rings. The van der Waals surface area contributed by atoms with Gasteiger partial charge in [0.05, 0.1) is 44.1 Å². The second kappa shape index (κ2) is 9.91. The van der Waals surface area contributed by atoms with Crippen LogP contribution in [0.3, 0.4) is 0 Å². The van der Waals surface area contributed by atoms with Gasteiger partial charge in [0.2, 0.25) is 0 Å². The van der Waals surface area contributed by atoms with Crippen LogP contribution in [-0.4, -0.2) is 60.3 Å². The highest BCUT2D eigenvalue weighted by Crippen LogP contribution is 2.42. The van der Waals surface area contributed by atoms with E-state index in [9.17, 15) is 24.2 Å². The van der Waals surface area contributed by atoms with Crippen molar-refractivity contribution >= 4 is 17.4 Å². The molecule has 0 aliphatic carbocycles. The summed E-state index contributed by atoms with van der Waals surface area (Å²) >= 11 is 0. The predicted octanol–water partition coefficient (Wildman–Crippen LogP) is 3.40. The number of benzene rings is 2. The Morgan fingerprint density at radius 1 is 1.09 bits per heavy atom. The molecule has 0 spiro atoms. The van der Waals surface area contributed by atoms with Gasteiger partial charge < -0.3 is 29.3 Å². The molecule has 0 bridgehead atoms. The number of hydrogen-bond donors (Lipinski definition) is 2. The first-order valence-electron chi connectivity index (χ1n) is 10.3. The first-order chi connectivity index (χ1) is 15.7. The van der Waals surface area contributed by atoms with Crippen molar-refractivity contribution in [3.63, 3.8) is 0 Å². The number of phenols is 1. The largest absolute Gasteiger partial charge is 0.507 e. The van der Waals surface area contributed by atoms with Crippen molar-refractivity contribution in [2.75, 3.05) is 27.4 Å². The van der Waals surface area contributed by atoms with Gasteiger partial charge in [-0.3, -0.25) is 9.59 Å².